The van der Waals surface area contributed by atoms with Gasteiger partial charge < -0.3 is 10.5 Å². The van der Waals surface area contributed by atoms with Gasteiger partial charge in [0.05, 0.1) is 6.61 Å². The first-order chi connectivity index (χ1) is 10.2. The third kappa shape index (κ3) is 4.83. The summed E-state index contributed by atoms with van der Waals surface area (Å²) < 4.78 is 5.74. The number of aryl methyl sites for hydroxylation is 1. The van der Waals surface area contributed by atoms with Gasteiger partial charge in [0.2, 0.25) is 5.91 Å². The summed E-state index contributed by atoms with van der Waals surface area (Å²) in [5.41, 5.74) is 8.10. The van der Waals surface area contributed by atoms with Crippen molar-refractivity contribution >= 4 is 17.7 Å². The van der Waals surface area contributed by atoms with Gasteiger partial charge in [0.25, 0.3) is 0 Å². The summed E-state index contributed by atoms with van der Waals surface area (Å²) in [7, 11) is 0. The van der Waals surface area contributed by atoms with Gasteiger partial charge in [0.1, 0.15) is 5.75 Å². The van der Waals surface area contributed by atoms with Crippen molar-refractivity contribution in [3.63, 3.8) is 0 Å². The highest BCUT2D eigenvalue weighted by molar-refractivity contribution is 7.98. The maximum absolute atomic E-state index is 11.0. The van der Waals surface area contributed by atoms with Gasteiger partial charge in [-0.25, -0.2) is 0 Å². The standard InChI is InChI=1S/C17H19NO2S/c1-13-4-2-3-5-16(13)20-10-11-21-12-14-6-8-15(9-7-14)17(18)19/h2-9H,10-12H2,1H3,(H2,18,19). The van der Waals surface area contributed by atoms with Crippen LogP contribution in [0.2, 0.25) is 0 Å². The average molecular weight is 301 g/mol. The quantitative estimate of drug-likeness (QED) is 0.797. The van der Waals surface area contributed by atoms with E-state index in [0.29, 0.717) is 12.2 Å². The molecule has 110 valence electrons. The molecule has 2 N–H and O–H groups in total. The molecule has 0 fully saturated rings. The largest absolute Gasteiger partial charge is 0.492 e. The first-order valence-electron chi connectivity index (χ1n) is 6.82. The van der Waals surface area contributed by atoms with Crippen LogP contribution in [0, 0.1) is 6.92 Å². The molecule has 0 aromatic heterocycles. The highest BCUT2D eigenvalue weighted by Gasteiger charge is 2.01. The van der Waals surface area contributed by atoms with Crippen molar-refractivity contribution < 1.29 is 9.53 Å². The number of ether oxygens (including phenoxy) is 1. The predicted octanol–water partition coefficient (Wildman–Crippen LogP) is 3.41. The minimum atomic E-state index is -0.388. The van der Waals surface area contributed by atoms with E-state index in [-0.39, 0.29) is 5.91 Å². The Kier molecular flexibility index (Phi) is 5.69. The van der Waals surface area contributed by atoms with Gasteiger partial charge >= 0.3 is 0 Å². The number of carbonyl (C=O) groups is 1. The molecule has 0 saturated carbocycles. The van der Waals surface area contributed by atoms with Gasteiger partial charge in [-0.2, -0.15) is 11.8 Å². The summed E-state index contributed by atoms with van der Waals surface area (Å²) in [5.74, 6) is 2.38. The van der Waals surface area contributed by atoms with Gasteiger partial charge in [-0.1, -0.05) is 30.3 Å². The second-order valence-corrected chi connectivity index (χ2v) is 5.83. The molecule has 0 atom stereocenters. The number of hydrogen-bond acceptors (Lipinski definition) is 3. The van der Waals surface area contributed by atoms with Crippen LogP contribution in [0.1, 0.15) is 21.5 Å². The molecule has 0 bridgehead atoms. The zero-order valence-electron chi connectivity index (χ0n) is 12.0. The summed E-state index contributed by atoms with van der Waals surface area (Å²) in [6.07, 6.45) is 0. The lowest BCUT2D eigenvalue weighted by Gasteiger charge is -2.08. The zero-order valence-corrected chi connectivity index (χ0v) is 12.9. The lowest BCUT2D eigenvalue weighted by molar-refractivity contribution is 0.100. The molecule has 3 nitrogen and oxygen atoms in total. The molecule has 0 aliphatic heterocycles. The number of primary amides is 1. The van der Waals surface area contributed by atoms with Gasteiger partial charge in [-0.15, -0.1) is 0 Å². The van der Waals surface area contributed by atoms with Gasteiger partial charge in [0, 0.05) is 17.1 Å². The van der Waals surface area contributed by atoms with E-state index in [1.165, 1.54) is 5.56 Å². The average Bonchev–Trinajstić information content (AvgIpc) is 2.49. The molecule has 1 amide bonds. The van der Waals surface area contributed by atoms with Gasteiger partial charge in [-0.05, 0) is 36.2 Å². The van der Waals surface area contributed by atoms with Crippen LogP contribution < -0.4 is 10.5 Å². The van der Waals surface area contributed by atoms with E-state index < -0.39 is 0 Å². The Morgan fingerprint density at radius 3 is 2.52 bits per heavy atom. The monoisotopic (exact) mass is 301 g/mol. The molecule has 0 radical (unpaired) electrons. The summed E-state index contributed by atoms with van der Waals surface area (Å²) in [5, 5.41) is 0. The molecule has 0 aliphatic rings. The highest BCUT2D eigenvalue weighted by atomic mass is 32.2. The van der Waals surface area contributed by atoms with E-state index in [4.69, 9.17) is 10.5 Å². The number of benzene rings is 2. The van der Waals surface area contributed by atoms with E-state index in [0.717, 1.165) is 22.8 Å². The summed E-state index contributed by atoms with van der Waals surface area (Å²) in [6, 6.07) is 15.4. The summed E-state index contributed by atoms with van der Waals surface area (Å²) in [4.78, 5) is 11.0. The Balaban J connectivity index is 1.70. The minimum Gasteiger partial charge on any atom is -0.492 e. The van der Waals surface area contributed by atoms with E-state index in [1.54, 1.807) is 23.9 Å². The number of thioether (sulfide) groups is 1. The molecule has 0 saturated heterocycles. The molecule has 0 unspecified atom stereocenters. The predicted molar refractivity (Wildman–Crippen MR) is 87.8 cm³/mol. The number of carbonyl (C=O) groups excluding carboxylic acids is 1. The van der Waals surface area contributed by atoms with Crippen molar-refractivity contribution in [2.45, 2.75) is 12.7 Å². The molecule has 2 aromatic carbocycles. The molecule has 0 spiro atoms. The van der Waals surface area contributed by atoms with Crippen molar-refractivity contribution in [3.05, 3.63) is 65.2 Å². The minimum absolute atomic E-state index is 0.388. The van der Waals surface area contributed by atoms with Crippen molar-refractivity contribution in [1.29, 1.82) is 0 Å². The lowest BCUT2D eigenvalue weighted by Crippen LogP contribution is -2.10. The molecule has 4 heteroatoms. The molecular weight excluding hydrogens is 282 g/mol. The molecule has 21 heavy (non-hydrogen) atoms. The number of amides is 1. The van der Waals surface area contributed by atoms with E-state index >= 15 is 0 Å². The van der Waals surface area contributed by atoms with Gasteiger partial charge in [0.15, 0.2) is 0 Å². The normalized spacial score (nSPS) is 10.3. The maximum Gasteiger partial charge on any atom is 0.248 e. The third-order valence-corrected chi connectivity index (χ3v) is 4.08. The Bertz CT molecular complexity index is 596. The van der Waals surface area contributed by atoms with Crippen molar-refractivity contribution in [3.8, 4) is 5.75 Å². The van der Waals surface area contributed by atoms with Crippen LogP contribution in [0.5, 0.6) is 5.75 Å². The fourth-order valence-corrected chi connectivity index (χ4v) is 2.66. The lowest BCUT2D eigenvalue weighted by atomic mass is 10.1. The summed E-state index contributed by atoms with van der Waals surface area (Å²) >= 11 is 1.80. The molecule has 0 aliphatic carbocycles. The van der Waals surface area contributed by atoms with Crippen molar-refractivity contribution in [2.24, 2.45) is 5.73 Å². The Morgan fingerprint density at radius 2 is 1.86 bits per heavy atom. The number of rotatable bonds is 7. The second-order valence-electron chi connectivity index (χ2n) is 4.73. The number of hydrogen-bond donors (Lipinski definition) is 1. The fraction of sp³-hybridized carbons (Fsp3) is 0.235. The highest BCUT2D eigenvalue weighted by Crippen LogP contribution is 2.17. The van der Waals surface area contributed by atoms with Crippen LogP contribution in [-0.2, 0) is 5.75 Å². The molecule has 2 aromatic rings. The van der Waals surface area contributed by atoms with Crippen LogP contribution in [0.15, 0.2) is 48.5 Å². The van der Waals surface area contributed by atoms with Crippen LogP contribution in [0.4, 0.5) is 0 Å². The van der Waals surface area contributed by atoms with Gasteiger partial charge in [-0.3, -0.25) is 4.79 Å². The Labute approximate surface area is 129 Å². The van der Waals surface area contributed by atoms with E-state index in [1.807, 2.05) is 43.3 Å². The molecule has 2 rings (SSSR count). The van der Waals surface area contributed by atoms with Crippen molar-refractivity contribution in [1.82, 2.24) is 0 Å². The Hall–Kier alpha value is -1.94. The first-order valence-corrected chi connectivity index (χ1v) is 7.97. The smallest absolute Gasteiger partial charge is 0.248 e. The van der Waals surface area contributed by atoms with Crippen LogP contribution in [-0.4, -0.2) is 18.3 Å². The molecule has 0 heterocycles. The summed E-state index contributed by atoms with van der Waals surface area (Å²) in [6.45, 7) is 2.73. The van der Waals surface area contributed by atoms with E-state index in [2.05, 4.69) is 0 Å². The van der Waals surface area contributed by atoms with Crippen molar-refractivity contribution in [2.75, 3.05) is 12.4 Å². The van der Waals surface area contributed by atoms with Crippen LogP contribution in [0.3, 0.4) is 0 Å². The topological polar surface area (TPSA) is 52.3 Å². The molecular formula is C17H19NO2S. The second kappa shape index (κ2) is 7.74. The van der Waals surface area contributed by atoms with E-state index in [9.17, 15) is 4.79 Å². The Morgan fingerprint density at radius 1 is 1.14 bits per heavy atom. The zero-order chi connectivity index (χ0) is 15.1. The van der Waals surface area contributed by atoms with Crippen LogP contribution in [0.25, 0.3) is 0 Å². The van der Waals surface area contributed by atoms with Crippen LogP contribution >= 0.6 is 11.8 Å². The SMILES string of the molecule is Cc1ccccc1OCCSCc1ccc(C(N)=O)cc1. The number of nitrogens with two attached hydrogens (primary N) is 1. The number of para-hydroxylation sites is 1. The first kappa shape index (κ1) is 15.4. The maximum atomic E-state index is 11.0. The third-order valence-electron chi connectivity index (χ3n) is 3.09. The fourth-order valence-electron chi connectivity index (χ4n) is 1.88.